The first kappa shape index (κ1) is 32.7. The second-order valence-electron chi connectivity index (χ2n) is 10.7. The molecule has 2 aliphatic rings. The molecule has 11 nitrogen and oxygen atoms in total. The predicted molar refractivity (Wildman–Crippen MR) is 145 cm³/mol. The number of rotatable bonds is 12. The van der Waals surface area contributed by atoms with E-state index in [1.165, 1.54) is 18.2 Å². The van der Waals surface area contributed by atoms with Crippen LogP contribution in [-0.2, 0) is 39.8 Å². The van der Waals surface area contributed by atoms with Gasteiger partial charge in [0.25, 0.3) is 0 Å². The van der Waals surface area contributed by atoms with Gasteiger partial charge in [-0.3, -0.25) is 9.59 Å². The Balaban J connectivity index is 1.66. The molecule has 1 aliphatic heterocycles. The number of ether oxygens (including phenoxy) is 3. The van der Waals surface area contributed by atoms with Gasteiger partial charge in [-0.2, -0.15) is 0 Å². The number of nitrogens with zero attached hydrogens (tertiary/aromatic N) is 1. The number of hydrogen-bond acceptors (Lipinski definition) is 8. The van der Waals surface area contributed by atoms with Crippen molar-refractivity contribution in [1.29, 1.82) is 0 Å². The van der Waals surface area contributed by atoms with E-state index in [-0.39, 0.29) is 24.5 Å². The van der Waals surface area contributed by atoms with Crippen molar-refractivity contribution < 1.29 is 47.0 Å². The third kappa shape index (κ3) is 9.95. The number of carbonyl (C=O) groups is 5. The van der Waals surface area contributed by atoms with E-state index in [1.54, 1.807) is 0 Å². The van der Waals surface area contributed by atoms with E-state index in [2.05, 4.69) is 10.6 Å². The average Bonchev–Trinajstić information content (AvgIpc) is 3.45. The maximum atomic E-state index is 13.8. The van der Waals surface area contributed by atoms with Crippen LogP contribution in [0.15, 0.2) is 18.2 Å². The third-order valence-electron chi connectivity index (χ3n) is 7.58. The third-order valence-corrected chi connectivity index (χ3v) is 7.58. The molecule has 0 bridgehead atoms. The first-order chi connectivity index (χ1) is 20.1. The van der Waals surface area contributed by atoms with Crippen molar-refractivity contribution in [2.24, 2.45) is 5.92 Å². The summed E-state index contributed by atoms with van der Waals surface area (Å²) in [5.41, 5.74) is 0.0711. The summed E-state index contributed by atoms with van der Waals surface area (Å²) < 4.78 is 42.9. The Kier molecular flexibility index (Phi) is 12.5. The Hall–Kier alpha value is -3.77. The van der Waals surface area contributed by atoms with Crippen LogP contribution >= 0.6 is 0 Å². The fourth-order valence-electron chi connectivity index (χ4n) is 5.39. The minimum absolute atomic E-state index is 0.0711. The number of likely N-dealkylation sites (tertiary alicyclic amines) is 1. The maximum Gasteiger partial charge on any atom is 0.407 e. The van der Waals surface area contributed by atoms with Crippen molar-refractivity contribution >= 4 is 29.8 Å². The van der Waals surface area contributed by atoms with Crippen molar-refractivity contribution in [3.05, 3.63) is 35.4 Å². The Labute approximate surface area is 243 Å². The minimum Gasteiger partial charge on any atom is -0.467 e. The van der Waals surface area contributed by atoms with Crippen LogP contribution in [0, 0.1) is 17.6 Å². The summed E-state index contributed by atoms with van der Waals surface area (Å²) in [6.07, 6.45) is 6.04. The Morgan fingerprint density at radius 2 is 1.62 bits per heavy atom. The molecule has 1 aromatic carbocycles. The van der Waals surface area contributed by atoms with Gasteiger partial charge in [0.2, 0.25) is 11.8 Å². The molecule has 1 heterocycles. The molecule has 1 aliphatic carbocycles. The second-order valence-corrected chi connectivity index (χ2v) is 10.7. The number of benzene rings is 1. The number of hydrogen-bond donors (Lipinski definition) is 2. The number of esters is 2. The molecule has 3 atom stereocenters. The van der Waals surface area contributed by atoms with Crippen molar-refractivity contribution in [2.45, 2.75) is 82.8 Å². The molecule has 42 heavy (non-hydrogen) atoms. The van der Waals surface area contributed by atoms with Gasteiger partial charge in [-0.15, -0.1) is 0 Å². The van der Waals surface area contributed by atoms with E-state index in [9.17, 15) is 32.8 Å². The van der Waals surface area contributed by atoms with E-state index in [0.717, 1.165) is 44.9 Å². The molecule has 232 valence electrons. The normalized spacial score (nSPS) is 18.5. The highest BCUT2D eigenvalue weighted by Gasteiger charge is 2.35. The summed E-state index contributed by atoms with van der Waals surface area (Å²) in [4.78, 5) is 64.1. The standard InChI is InChI=1S/C29H39F2N3O8/c1-18(35)34-11-6-9-25(34)28(38)42-17-24(27(37)40-2)32-26(36)23(15-20-13-21(30)16-22(31)14-20)33-29(39)41-12-10-19-7-4-3-5-8-19/h13-14,16,19,23-25H,3-12,15,17H2,1-2H3,(H,32,36)(H,33,39)/t23-,24-,25?/m0/s1. The monoisotopic (exact) mass is 595 g/mol. The van der Waals surface area contributed by atoms with Gasteiger partial charge in [0, 0.05) is 26.0 Å². The van der Waals surface area contributed by atoms with Gasteiger partial charge in [-0.25, -0.2) is 23.2 Å². The van der Waals surface area contributed by atoms with Gasteiger partial charge in [0.1, 0.15) is 30.3 Å². The number of halogens is 2. The molecule has 3 amide bonds. The highest BCUT2D eigenvalue weighted by molar-refractivity contribution is 5.90. The van der Waals surface area contributed by atoms with Gasteiger partial charge in [-0.05, 0) is 42.9 Å². The van der Waals surface area contributed by atoms with Gasteiger partial charge in [0.15, 0.2) is 6.04 Å². The summed E-state index contributed by atoms with van der Waals surface area (Å²) in [6.45, 7) is 1.27. The van der Waals surface area contributed by atoms with E-state index in [1.807, 2.05) is 0 Å². The van der Waals surface area contributed by atoms with E-state index < -0.39 is 60.3 Å². The van der Waals surface area contributed by atoms with E-state index >= 15 is 0 Å². The molecule has 2 N–H and O–H groups in total. The fourth-order valence-corrected chi connectivity index (χ4v) is 5.39. The second kappa shape index (κ2) is 16.0. The molecule has 13 heteroatoms. The first-order valence-corrected chi connectivity index (χ1v) is 14.3. The van der Waals surface area contributed by atoms with Crippen LogP contribution in [0.4, 0.5) is 13.6 Å². The van der Waals surface area contributed by atoms with Gasteiger partial charge >= 0.3 is 18.0 Å². The quantitative estimate of drug-likeness (QED) is 0.278. The summed E-state index contributed by atoms with van der Waals surface area (Å²) >= 11 is 0. The molecule has 1 aromatic rings. The molecule has 3 rings (SSSR count). The lowest BCUT2D eigenvalue weighted by Crippen LogP contribution is -2.54. The predicted octanol–water partition coefficient (Wildman–Crippen LogP) is 2.78. The zero-order valence-electron chi connectivity index (χ0n) is 24.0. The number of methoxy groups -OCH3 is 1. The average molecular weight is 596 g/mol. The van der Waals surface area contributed by atoms with Crippen molar-refractivity contribution in [1.82, 2.24) is 15.5 Å². The molecule has 0 radical (unpaired) electrons. The zero-order chi connectivity index (χ0) is 30.6. The summed E-state index contributed by atoms with van der Waals surface area (Å²) in [5.74, 6) is -4.15. The molecule has 1 saturated heterocycles. The molecule has 1 saturated carbocycles. The van der Waals surface area contributed by atoms with E-state index in [0.29, 0.717) is 37.8 Å². The number of nitrogens with one attached hydrogen (secondary N) is 2. The van der Waals surface area contributed by atoms with Crippen molar-refractivity contribution in [3.8, 4) is 0 Å². The lowest BCUT2D eigenvalue weighted by molar-refractivity contribution is -0.157. The van der Waals surface area contributed by atoms with E-state index in [4.69, 9.17) is 14.2 Å². The van der Waals surface area contributed by atoms with Gasteiger partial charge < -0.3 is 29.7 Å². The summed E-state index contributed by atoms with van der Waals surface area (Å²) in [6, 6.07) is -0.973. The van der Waals surface area contributed by atoms with Crippen LogP contribution in [0.3, 0.4) is 0 Å². The van der Waals surface area contributed by atoms with Crippen LogP contribution in [-0.4, -0.2) is 79.7 Å². The lowest BCUT2D eigenvalue weighted by Gasteiger charge is -2.24. The Morgan fingerprint density at radius 3 is 2.26 bits per heavy atom. The molecule has 0 spiro atoms. The largest absolute Gasteiger partial charge is 0.467 e. The number of amides is 3. The smallest absolute Gasteiger partial charge is 0.407 e. The number of carbonyl (C=O) groups excluding carboxylic acids is 5. The molecular formula is C29H39F2N3O8. The van der Waals surface area contributed by atoms with Gasteiger partial charge in [-0.1, -0.05) is 32.1 Å². The van der Waals surface area contributed by atoms with Crippen LogP contribution in [0.5, 0.6) is 0 Å². The lowest BCUT2D eigenvalue weighted by atomic mass is 9.87. The Morgan fingerprint density at radius 1 is 0.929 bits per heavy atom. The van der Waals surface area contributed by atoms with Crippen molar-refractivity contribution in [3.63, 3.8) is 0 Å². The molecule has 0 aromatic heterocycles. The van der Waals surface area contributed by atoms with Crippen LogP contribution in [0.25, 0.3) is 0 Å². The van der Waals surface area contributed by atoms with Crippen molar-refractivity contribution in [2.75, 3.05) is 26.9 Å². The minimum atomic E-state index is -1.46. The van der Waals surface area contributed by atoms with Crippen LogP contribution in [0.1, 0.15) is 63.9 Å². The molecule has 2 fully saturated rings. The highest BCUT2D eigenvalue weighted by Crippen LogP contribution is 2.26. The first-order valence-electron chi connectivity index (χ1n) is 14.3. The Bertz CT molecular complexity index is 1110. The zero-order valence-corrected chi connectivity index (χ0v) is 24.0. The van der Waals surface area contributed by atoms with Gasteiger partial charge in [0.05, 0.1) is 13.7 Å². The van der Waals surface area contributed by atoms with Crippen LogP contribution < -0.4 is 10.6 Å². The SMILES string of the molecule is COC(=O)[C@H](COC(=O)C1CCCN1C(C)=O)NC(=O)[C@H](Cc1cc(F)cc(F)c1)NC(=O)OCCC1CCCCC1. The fraction of sp³-hybridized carbons (Fsp3) is 0.621. The summed E-state index contributed by atoms with van der Waals surface area (Å²) in [5, 5.41) is 4.79. The molecule has 1 unspecified atom stereocenters. The highest BCUT2D eigenvalue weighted by atomic mass is 19.1. The summed E-state index contributed by atoms with van der Waals surface area (Å²) in [7, 11) is 1.08. The molecular weight excluding hydrogens is 556 g/mol. The maximum absolute atomic E-state index is 13.8. The number of alkyl carbamates (subject to hydrolysis) is 1. The van der Waals surface area contributed by atoms with Crippen LogP contribution in [0.2, 0.25) is 0 Å². The topological polar surface area (TPSA) is 140 Å².